The summed E-state index contributed by atoms with van der Waals surface area (Å²) in [6.07, 6.45) is 2.94. The zero-order valence-corrected chi connectivity index (χ0v) is 10.5. The van der Waals surface area contributed by atoms with E-state index < -0.39 is 5.54 Å². The van der Waals surface area contributed by atoms with Gasteiger partial charge in [-0.1, -0.05) is 18.2 Å². The summed E-state index contributed by atoms with van der Waals surface area (Å²) in [4.78, 5) is 5.42. The second-order valence-electron chi connectivity index (χ2n) is 5.20. The molecule has 1 aliphatic carbocycles. The minimum Gasteiger partial charge on any atom is -0.381 e. The molecule has 1 aliphatic heterocycles. The summed E-state index contributed by atoms with van der Waals surface area (Å²) in [6, 6.07) is 6.96. The average Bonchev–Trinajstić information content (AvgIpc) is 2.82. The fraction of sp³-hybridized carbons (Fsp3) is 0.571. The molecular weight excluding hydrogens is 233 g/mol. The van der Waals surface area contributed by atoms with Gasteiger partial charge in [0.15, 0.2) is 0 Å². The maximum Gasteiger partial charge on any atom is 0.128 e. The zero-order valence-electron chi connectivity index (χ0n) is 10.5. The molecule has 1 aromatic carbocycles. The van der Waals surface area contributed by atoms with Crippen molar-refractivity contribution < 1.29 is 14.0 Å². The first-order valence-corrected chi connectivity index (χ1v) is 6.43. The molecule has 1 heterocycles. The lowest BCUT2D eigenvalue weighted by atomic mass is 9.69. The Bertz CT molecular complexity index is 440. The van der Waals surface area contributed by atoms with Crippen LogP contribution >= 0.6 is 0 Å². The summed E-state index contributed by atoms with van der Waals surface area (Å²) in [5.74, 6) is 0.151. The van der Waals surface area contributed by atoms with Gasteiger partial charge in [-0.25, -0.2) is 4.39 Å². The van der Waals surface area contributed by atoms with Crippen LogP contribution in [0.25, 0.3) is 0 Å². The van der Waals surface area contributed by atoms with Crippen LogP contribution in [-0.4, -0.2) is 19.8 Å². The van der Waals surface area contributed by atoms with Crippen molar-refractivity contribution in [2.45, 2.75) is 30.9 Å². The molecule has 1 saturated carbocycles. The molecule has 0 radical (unpaired) electrons. The van der Waals surface area contributed by atoms with E-state index in [-0.39, 0.29) is 11.9 Å². The van der Waals surface area contributed by atoms with Gasteiger partial charge in [-0.15, -0.1) is 0 Å². The van der Waals surface area contributed by atoms with Gasteiger partial charge in [-0.2, -0.15) is 5.48 Å². The molecule has 3 nitrogen and oxygen atoms in total. The number of hydroxylamine groups is 1. The molecule has 1 N–H and O–H groups in total. The van der Waals surface area contributed by atoms with Crippen molar-refractivity contribution in [1.29, 1.82) is 0 Å². The van der Waals surface area contributed by atoms with Gasteiger partial charge in [0.25, 0.3) is 0 Å². The highest BCUT2D eigenvalue weighted by molar-refractivity contribution is 5.29. The Morgan fingerprint density at radius 1 is 1.39 bits per heavy atom. The maximum absolute atomic E-state index is 14.1. The summed E-state index contributed by atoms with van der Waals surface area (Å²) in [5.41, 5.74) is 3.35. The molecule has 2 unspecified atom stereocenters. The van der Waals surface area contributed by atoms with Crippen molar-refractivity contribution in [2.24, 2.45) is 5.92 Å². The van der Waals surface area contributed by atoms with Crippen molar-refractivity contribution in [3.05, 3.63) is 35.6 Å². The minimum absolute atomic E-state index is 0.162. The Balaban J connectivity index is 2.01. The van der Waals surface area contributed by atoms with E-state index in [1.807, 2.05) is 12.1 Å². The van der Waals surface area contributed by atoms with Gasteiger partial charge in [-0.05, 0) is 25.3 Å². The molecule has 1 aromatic rings. The molecule has 2 fully saturated rings. The van der Waals surface area contributed by atoms with Crippen molar-refractivity contribution in [3.8, 4) is 0 Å². The van der Waals surface area contributed by atoms with Gasteiger partial charge in [0.2, 0.25) is 0 Å². The number of rotatable bonds is 2. The first-order valence-electron chi connectivity index (χ1n) is 6.43. The van der Waals surface area contributed by atoms with E-state index in [4.69, 9.17) is 9.57 Å². The van der Waals surface area contributed by atoms with Crippen LogP contribution in [0.15, 0.2) is 24.3 Å². The normalized spacial score (nSPS) is 35.4. The Kier molecular flexibility index (Phi) is 3.09. The third kappa shape index (κ3) is 1.76. The molecule has 4 heteroatoms. The van der Waals surface area contributed by atoms with Crippen molar-refractivity contribution in [1.82, 2.24) is 5.48 Å². The Morgan fingerprint density at radius 3 is 3.00 bits per heavy atom. The third-order valence-electron chi connectivity index (χ3n) is 4.31. The lowest BCUT2D eigenvalue weighted by Gasteiger charge is -2.41. The number of ether oxygens (including phenoxy) is 1. The van der Waals surface area contributed by atoms with Crippen LogP contribution in [0.5, 0.6) is 0 Å². The molecule has 0 spiro atoms. The molecule has 18 heavy (non-hydrogen) atoms. The van der Waals surface area contributed by atoms with Gasteiger partial charge < -0.3 is 9.57 Å². The van der Waals surface area contributed by atoms with E-state index in [0.717, 1.165) is 19.3 Å². The molecule has 0 aromatic heterocycles. The van der Waals surface area contributed by atoms with Crippen LogP contribution in [0.3, 0.4) is 0 Å². The lowest BCUT2D eigenvalue weighted by Crippen LogP contribution is -2.48. The summed E-state index contributed by atoms with van der Waals surface area (Å²) in [6.45, 7) is 0.644. The van der Waals surface area contributed by atoms with E-state index in [1.165, 1.54) is 6.07 Å². The lowest BCUT2D eigenvalue weighted by molar-refractivity contribution is -0.00357. The van der Waals surface area contributed by atoms with Crippen LogP contribution in [0.1, 0.15) is 24.8 Å². The van der Waals surface area contributed by atoms with E-state index in [0.29, 0.717) is 18.1 Å². The van der Waals surface area contributed by atoms with Crippen LogP contribution in [0.2, 0.25) is 0 Å². The van der Waals surface area contributed by atoms with Gasteiger partial charge in [0, 0.05) is 18.6 Å². The average molecular weight is 251 g/mol. The fourth-order valence-electron chi connectivity index (χ4n) is 3.29. The Hall–Kier alpha value is -0.970. The summed E-state index contributed by atoms with van der Waals surface area (Å²) < 4.78 is 19.6. The SMILES string of the molecule is CO[C@H]1CCC2CONC2(c2ccccc2F)C1. The smallest absolute Gasteiger partial charge is 0.128 e. The minimum atomic E-state index is -0.426. The van der Waals surface area contributed by atoms with E-state index in [9.17, 15) is 4.39 Å². The van der Waals surface area contributed by atoms with E-state index >= 15 is 0 Å². The molecule has 3 atom stereocenters. The molecule has 0 bridgehead atoms. The number of methoxy groups -OCH3 is 1. The van der Waals surface area contributed by atoms with E-state index in [2.05, 4.69) is 5.48 Å². The largest absolute Gasteiger partial charge is 0.381 e. The van der Waals surface area contributed by atoms with Crippen molar-refractivity contribution in [3.63, 3.8) is 0 Å². The highest BCUT2D eigenvalue weighted by Gasteiger charge is 2.50. The number of nitrogens with one attached hydrogen (secondary N) is 1. The second-order valence-corrected chi connectivity index (χ2v) is 5.20. The number of hydrogen-bond donors (Lipinski definition) is 1. The molecule has 2 aliphatic rings. The molecule has 0 amide bonds. The van der Waals surface area contributed by atoms with Gasteiger partial charge in [-0.3, -0.25) is 0 Å². The number of hydrogen-bond acceptors (Lipinski definition) is 3. The second kappa shape index (κ2) is 4.61. The van der Waals surface area contributed by atoms with Crippen molar-refractivity contribution >= 4 is 0 Å². The summed E-state index contributed by atoms with van der Waals surface area (Å²) in [5, 5.41) is 0. The van der Waals surface area contributed by atoms with Crippen LogP contribution in [-0.2, 0) is 15.1 Å². The number of halogens is 1. The highest BCUT2D eigenvalue weighted by Crippen LogP contribution is 2.46. The topological polar surface area (TPSA) is 30.5 Å². The van der Waals surface area contributed by atoms with Crippen LogP contribution in [0.4, 0.5) is 4.39 Å². The fourth-order valence-corrected chi connectivity index (χ4v) is 3.29. The predicted molar refractivity (Wildman–Crippen MR) is 65.3 cm³/mol. The Labute approximate surface area is 106 Å². The van der Waals surface area contributed by atoms with Gasteiger partial charge >= 0.3 is 0 Å². The van der Waals surface area contributed by atoms with Crippen molar-refractivity contribution in [2.75, 3.05) is 13.7 Å². The number of benzene rings is 1. The zero-order chi connectivity index (χ0) is 12.6. The molecule has 98 valence electrons. The molecule has 1 saturated heterocycles. The monoisotopic (exact) mass is 251 g/mol. The number of fused-ring (bicyclic) bond motifs is 1. The quantitative estimate of drug-likeness (QED) is 0.875. The Morgan fingerprint density at radius 2 is 2.22 bits per heavy atom. The van der Waals surface area contributed by atoms with Gasteiger partial charge in [0.05, 0.1) is 18.2 Å². The van der Waals surface area contributed by atoms with Gasteiger partial charge in [0.1, 0.15) is 5.82 Å². The summed E-state index contributed by atoms with van der Waals surface area (Å²) >= 11 is 0. The first kappa shape index (κ1) is 12.1. The van der Waals surface area contributed by atoms with Crippen LogP contribution in [0, 0.1) is 11.7 Å². The third-order valence-corrected chi connectivity index (χ3v) is 4.31. The predicted octanol–water partition coefficient (Wildman–Crippen LogP) is 2.37. The first-order chi connectivity index (χ1) is 8.76. The maximum atomic E-state index is 14.1. The van der Waals surface area contributed by atoms with E-state index in [1.54, 1.807) is 13.2 Å². The standard InChI is InChI=1S/C14H18FNO2/c1-17-11-7-6-10-9-18-16-14(10,8-11)12-4-2-3-5-13(12)15/h2-5,10-11,16H,6-9H2,1H3/t10?,11-,14?/m0/s1. The molecule has 3 rings (SSSR count). The summed E-state index contributed by atoms with van der Waals surface area (Å²) in [7, 11) is 1.72. The molecular formula is C14H18FNO2. The highest BCUT2D eigenvalue weighted by atomic mass is 19.1. The van der Waals surface area contributed by atoms with Crippen LogP contribution < -0.4 is 5.48 Å².